The fourth-order valence-corrected chi connectivity index (χ4v) is 1.86. The van der Waals surface area contributed by atoms with E-state index in [2.05, 4.69) is 10.4 Å². The summed E-state index contributed by atoms with van der Waals surface area (Å²) in [5.74, 6) is -0.976. The maximum atomic E-state index is 11.4. The molecule has 1 rings (SSSR count). The summed E-state index contributed by atoms with van der Waals surface area (Å²) in [6, 6.07) is 0. The minimum atomic E-state index is -0.911. The van der Waals surface area contributed by atoms with Crippen molar-refractivity contribution in [3.63, 3.8) is 0 Å². The van der Waals surface area contributed by atoms with Gasteiger partial charge in [0.15, 0.2) is 0 Å². The number of hydrogen-bond acceptors (Lipinski definition) is 4. The summed E-state index contributed by atoms with van der Waals surface area (Å²) >= 11 is 1.08. The molecule has 0 unspecified atom stereocenters. The molecular weight excluding hydrogens is 242 g/mol. The Kier molecular flexibility index (Phi) is 5.02. The molecule has 0 aliphatic heterocycles. The summed E-state index contributed by atoms with van der Waals surface area (Å²) in [4.78, 5) is 21.6. The lowest BCUT2D eigenvalue weighted by molar-refractivity contribution is -0.133. The molecule has 0 spiro atoms. The maximum Gasteiger partial charge on any atom is 0.313 e. The predicted molar refractivity (Wildman–Crippen MR) is 64.8 cm³/mol. The molecule has 1 heterocycles. The van der Waals surface area contributed by atoms with Gasteiger partial charge in [0.1, 0.15) is 0 Å². The standard InChI is InChI=1S/C10H15N3O3S/c1-7-8(4-13(2)12-7)3-11-9(14)5-17-6-10(15)16/h4H,3,5-6H2,1-2H3,(H,11,14)(H,15,16). The van der Waals surface area contributed by atoms with E-state index in [1.54, 1.807) is 4.68 Å². The number of nitrogens with one attached hydrogen (secondary N) is 1. The van der Waals surface area contributed by atoms with Crippen LogP contribution in [-0.4, -0.2) is 38.3 Å². The van der Waals surface area contributed by atoms with E-state index in [4.69, 9.17) is 5.11 Å². The molecule has 6 nitrogen and oxygen atoms in total. The maximum absolute atomic E-state index is 11.4. The third-order valence-corrected chi connectivity index (χ3v) is 2.97. The third-order valence-electron chi connectivity index (χ3n) is 2.05. The zero-order valence-electron chi connectivity index (χ0n) is 9.77. The van der Waals surface area contributed by atoms with Gasteiger partial charge in [0.05, 0.1) is 17.2 Å². The van der Waals surface area contributed by atoms with Gasteiger partial charge in [0, 0.05) is 25.4 Å². The molecule has 7 heteroatoms. The van der Waals surface area contributed by atoms with E-state index >= 15 is 0 Å². The Bertz CT molecular complexity index is 417. The molecule has 1 aromatic rings. The van der Waals surface area contributed by atoms with Gasteiger partial charge < -0.3 is 10.4 Å². The Morgan fingerprint density at radius 1 is 1.53 bits per heavy atom. The molecule has 0 fully saturated rings. The van der Waals surface area contributed by atoms with Crippen molar-refractivity contribution in [2.45, 2.75) is 13.5 Å². The van der Waals surface area contributed by atoms with Crippen LogP contribution in [0, 0.1) is 6.92 Å². The number of carbonyl (C=O) groups excluding carboxylic acids is 1. The Morgan fingerprint density at radius 3 is 2.76 bits per heavy atom. The number of nitrogens with zero attached hydrogens (tertiary/aromatic N) is 2. The van der Waals surface area contributed by atoms with Crippen LogP contribution in [0.15, 0.2) is 6.20 Å². The molecule has 0 aliphatic carbocycles. The van der Waals surface area contributed by atoms with E-state index < -0.39 is 5.97 Å². The van der Waals surface area contributed by atoms with E-state index in [9.17, 15) is 9.59 Å². The van der Waals surface area contributed by atoms with Crippen molar-refractivity contribution in [3.05, 3.63) is 17.5 Å². The number of aromatic nitrogens is 2. The molecule has 1 aromatic heterocycles. The first-order valence-electron chi connectivity index (χ1n) is 5.04. The van der Waals surface area contributed by atoms with E-state index in [0.717, 1.165) is 23.0 Å². The van der Waals surface area contributed by atoms with Crippen LogP contribution in [0.5, 0.6) is 0 Å². The van der Waals surface area contributed by atoms with E-state index in [1.165, 1.54) is 0 Å². The van der Waals surface area contributed by atoms with Gasteiger partial charge in [-0.2, -0.15) is 5.10 Å². The average Bonchev–Trinajstić information content (AvgIpc) is 2.54. The van der Waals surface area contributed by atoms with Crippen molar-refractivity contribution in [3.8, 4) is 0 Å². The lowest BCUT2D eigenvalue weighted by atomic mass is 10.2. The van der Waals surface area contributed by atoms with Gasteiger partial charge >= 0.3 is 5.97 Å². The number of carboxylic acids is 1. The quantitative estimate of drug-likeness (QED) is 0.758. The van der Waals surface area contributed by atoms with Gasteiger partial charge in [-0.05, 0) is 6.92 Å². The number of carbonyl (C=O) groups is 2. The van der Waals surface area contributed by atoms with Crippen LogP contribution in [0.2, 0.25) is 0 Å². The van der Waals surface area contributed by atoms with Gasteiger partial charge in [-0.3, -0.25) is 14.3 Å². The van der Waals surface area contributed by atoms with Crippen LogP contribution in [-0.2, 0) is 23.2 Å². The lowest BCUT2D eigenvalue weighted by Crippen LogP contribution is -2.25. The number of hydrogen-bond donors (Lipinski definition) is 2. The Hall–Kier alpha value is -1.50. The molecule has 0 aliphatic rings. The smallest absolute Gasteiger partial charge is 0.313 e. The highest BCUT2D eigenvalue weighted by Crippen LogP contribution is 2.04. The van der Waals surface area contributed by atoms with Crippen molar-refractivity contribution >= 4 is 23.6 Å². The zero-order valence-corrected chi connectivity index (χ0v) is 10.6. The highest BCUT2D eigenvalue weighted by molar-refractivity contribution is 8.00. The van der Waals surface area contributed by atoms with Crippen molar-refractivity contribution in [2.24, 2.45) is 7.05 Å². The predicted octanol–water partition coefficient (Wildman–Crippen LogP) is 0.163. The monoisotopic (exact) mass is 257 g/mol. The van der Waals surface area contributed by atoms with Crippen LogP contribution < -0.4 is 5.32 Å². The SMILES string of the molecule is Cc1nn(C)cc1CNC(=O)CSCC(=O)O. The molecular formula is C10H15N3O3S. The van der Waals surface area contributed by atoms with Crippen molar-refractivity contribution < 1.29 is 14.7 Å². The molecule has 0 saturated carbocycles. The van der Waals surface area contributed by atoms with E-state index in [0.29, 0.717) is 6.54 Å². The second-order valence-corrected chi connectivity index (χ2v) is 4.56. The number of thioether (sulfide) groups is 1. The minimum Gasteiger partial charge on any atom is -0.481 e. The molecule has 2 N–H and O–H groups in total. The fourth-order valence-electron chi connectivity index (χ4n) is 1.30. The topological polar surface area (TPSA) is 84.2 Å². The highest BCUT2D eigenvalue weighted by atomic mass is 32.2. The first-order chi connectivity index (χ1) is 7.99. The fraction of sp³-hybridized carbons (Fsp3) is 0.500. The summed E-state index contributed by atoms with van der Waals surface area (Å²) in [5.41, 5.74) is 1.84. The average molecular weight is 257 g/mol. The van der Waals surface area contributed by atoms with Gasteiger partial charge in [-0.15, -0.1) is 11.8 Å². The second kappa shape index (κ2) is 6.29. The molecule has 17 heavy (non-hydrogen) atoms. The molecule has 0 aromatic carbocycles. The van der Waals surface area contributed by atoms with Crippen molar-refractivity contribution in [1.82, 2.24) is 15.1 Å². The minimum absolute atomic E-state index is 0.0562. The largest absolute Gasteiger partial charge is 0.481 e. The van der Waals surface area contributed by atoms with E-state index in [1.807, 2.05) is 20.2 Å². The van der Waals surface area contributed by atoms with E-state index in [-0.39, 0.29) is 17.4 Å². The zero-order chi connectivity index (χ0) is 12.8. The van der Waals surface area contributed by atoms with Gasteiger partial charge in [-0.1, -0.05) is 0 Å². The normalized spacial score (nSPS) is 10.2. The first-order valence-corrected chi connectivity index (χ1v) is 6.20. The van der Waals surface area contributed by atoms with Gasteiger partial charge in [0.25, 0.3) is 0 Å². The van der Waals surface area contributed by atoms with Crippen LogP contribution in [0.25, 0.3) is 0 Å². The Morgan fingerprint density at radius 2 is 2.24 bits per heavy atom. The number of aliphatic carboxylic acids is 1. The second-order valence-electron chi connectivity index (χ2n) is 3.58. The summed E-state index contributed by atoms with van der Waals surface area (Å²) in [6.45, 7) is 2.30. The number of carboxylic acid groups (broad SMARTS) is 1. The number of rotatable bonds is 6. The van der Waals surface area contributed by atoms with Crippen molar-refractivity contribution in [2.75, 3.05) is 11.5 Å². The Labute approximate surface area is 103 Å². The summed E-state index contributed by atoms with van der Waals surface area (Å²) < 4.78 is 1.69. The van der Waals surface area contributed by atoms with Gasteiger partial charge in [0.2, 0.25) is 5.91 Å². The molecule has 94 valence electrons. The molecule has 0 radical (unpaired) electrons. The van der Waals surface area contributed by atoms with Crippen LogP contribution in [0.4, 0.5) is 0 Å². The lowest BCUT2D eigenvalue weighted by Gasteiger charge is -2.03. The van der Waals surface area contributed by atoms with Crippen LogP contribution in [0.3, 0.4) is 0 Å². The van der Waals surface area contributed by atoms with Gasteiger partial charge in [-0.25, -0.2) is 0 Å². The Balaban J connectivity index is 2.28. The molecule has 0 saturated heterocycles. The number of amides is 1. The first kappa shape index (κ1) is 13.6. The van der Waals surface area contributed by atoms with Crippen LogP contribution >= 0.6 is 11.8 Å². The molecule has 1 amide bonds. The third kappa shape index (κ3) is 4.90. The number of aryl methyl sites for hydroxylation is 2. The van der Waals surface area contributed by atoms with Crippen molar-refractivity contribution in [1.29, 1.82) is 0 Å². The molecule has 0 bridgehead atoms. The summed E-state index contributed by atoms with van der Waals surface area (Å²) in [5, 5.41) is 15.3. The molecule has 0 atom stereocenters. The summed E-state index contributed by atoms with van der Waals surface area (Å²) in [7, 11) is 1.82. The van der Waals surface area contributed by atoms with Crippen LogP contribution in [0.1, 0.15) is 11.3 Å². The summed E-state index contributed by atoms with van der Waals surface area (Å²) in [6.07, 6.45) is 1.85. The highest BCUT2D eigenvalue weighted by Gasteiger charge is 2.06.